The summed E-state index contributed by atoms with van der Waals surface area (Å²) in [5.41, 5.74) is 6.98. The van der Waals surface area contributed by atoms with E-state index in [1.165, 1.54) is 11.3 Å². The molecule has 1 aromatic carbocycles. The van der Waals surface area contributed by atoms with Gasteiger partial charge in [-0.25, -0.2) is 8.42 Å². The van der Waals surface area contributed by atoms with Crippen LogP contribution in [0.1, 0.15) is 4.88 Å². The highest BCUT2D eigenvalue weighted by molar-refractivity contribution is 9.11. The molecule has 0 saturated heterocycles. The molecule has 0 amide bonds. The molecule has 0 aliphatic heterocycles. The van der Waals surface area contributed by atoms with Crippen molar-refractivity contribution < 1.29 is 12.8 Å². The van der Waals surface area contributed by atoms with Gasteiger partial charge in [-0.3, -0.25) is 0 Å². The molecule has 5 nitrogen and oxygen atoms in total. The number of oxazole rings is 1. The highest BCUT2D eigenvalue weighted by atomic mass is 79.9. The Morgan fingerprint density at radius 3 is 2.80 bits per heavy atom. The van der Waals surface area contributed by atoms with Crippen molar-refractivity contribution in [2.45, 2.75) is 11.0 Å². The van der Waals surface area contributed by atoms with Crippen LogP contribution >= 0.6 is 27.3 Å². The zero-order valence-electron chi connectivity index (χ0n) is 10.0. The predicted octanol–water partition coefficient (Wildman–Crippen LogP) is 3.21. The van der Waals surface area contributed by atoms with E-state index in [1.54, 1.807) is 24.3 Å². The summed E-state index contributed by atoms with van der Waals surface area (Å²) in [5, 5.41) is -0.275. The van der Waals surface area contributed by atoms with E-state index in [1.807, 2.05) is 6.07 Å². The lowest BCUT2D eigenvalue weighted by molar-refractivity contribution is 0.458. The van der Waals surface area contributed by atoms with E-state index in [4.69, 9.17) is 10.2 Å². The van der Waals surface area contributed by atoms with Gasteiger partial charge < -0.3 is 10.2 Å². The standard InChI is InChI=1S/C12H9BrN2O3S2/c13-11-4-2-8(19-11)6-20(16,17)12-15-9-3-1-7(14)5-10(9)18-12/h1-5H,6,14H2. The first kappa shape index (κ1) is 13.6. The van der Waals surface area contributed by atoms with Gasteiger partial charge in [-0.1, -0.05) is 0 Å². The van der Waals surface area contributed by atoms with Crippen molar-refractivity contribution >= 4 is 53.9 Å². The fraction of sp³-hybridized carbons (Fsp3) is 0.0833. The highest BCUT2D eigenvalue weighted by Crippen LogP contribution is 2.27. The predicted molar refractivity (Wildman–Crippen MR) is 81.3 cm³/mol. The van der Waals surface area contributed by atoms with E-state index in [9.17, 15) is 8.42 Å². The van der Waals surface area contributed by atoms with Gasteiger partial charge in [0.05, 0.1) is 9.54 Å². The number of nitrogens with zero attached hydrogens (tertiary/aromatic N) is 1. The Hall–Kier alpha value is -1.38. The molecule has 0 bridgehead atoms. The van der Waals surface area contributed by atoms with Gasteiger partial charge >= 0.3 is 5.22 Å². The maximum atomic E-state index is 12.3. The van der Waals surface area contributed by atoms with Crippen LogP contribution in [0.15, 0.2) is 43.8 Å². The minimum atomic E-state index is -3.60. The second kappa shape index (κ2) is 4.87. The average molecular weight is 373 g/mol. The van der Waals surface area contributed by atoms with E-state index >= 15 is 0 Å². The number of aromatic nitrogens is 1. The summed E-state index contributed by atoms with van der Waals surface area (Å²) in [6.45, 7) is 0. The van der Waals surface area contributed by atoms with Gasteiger partial charge in [0.2, 0.25) is 9.84 Å². The maximum absolute atomic E-state index is 12.3. The summed E-state index contributed by atoms with van der Waals surface area (Å²) < 4.78 is 30.7. The third-order valence-corrected chi connectivity index (χ3v) is 5.82. The minimum Gasteiger partial charge on any atom is -0.428 e. The zero-order chi connectivity index (χ0) is 14.3. The average Bonchev–Trinajstić information content (AvgIpc) is 2.95. The number of nitrogen functional groups attached to an aromatic ring is 1. The molecule has 0 aliphatic carbocycles. The SMILES string of the molecule is Nc1ccc2nc(S(=O)(=O)Cc3ccc(Br)s3)oc2c1. The second-order valence-electron chi connectivity index (χ2n) is 4.17. The first-order valence-corrected chi connectivity index (χ1v) is 8.83. The van der Waals surface area contributed by atoms with Crippen molar-refractivity contribution in [2.24, 2.45) is 0 Å². The van der Waals surface area contributed by atoms with Crippen molar-refractivity contribution in [3.63, 3.8) is 0 Å². The fourth-order valence-corrected chi connectivity index (χ4v) is 4.76. The number of fused-ring (bicyclic) bond motifs is 1. The Kier molecular flexibility index (Phi) is 3.31. The molecule has 20 heavy (non-hydrogen) atoms. The van der Waals surface area contributed by atoms with Crippen LogP contribution in [-0.2, 0) is 15.6 Å². The minimum absolute atomic E-state index is 0.133. The number of benzene rings is 1. The molecule has 2 N–H and O–H groups in total. The van der Waals surface area contributed by atoms with Crippen LogP contribution in [0.4, 0.5) is 5.69 Å². The number of rotatable bonds is 3. The Morgan fingerprint density at radius 2 is 2.10 bits per heavy atom. The van der Waals surface area contributed by atoms with E-state index in [2.05, 4.69) is 20.9 Å². The Bertz CT molecular complexity index is 883. The summed E-state index contributed by atoms with van der Waals surface area (Å²) in [4.78, 5) is 4.73. The summed E-state index contributed by atoms with van der Waals surface area (Å²) in [6, 6.07) is 8.41. The van der Waals surface area contributed by atoms with Crippen molar-refractivity contribution in [1.82, 2.24) is 4.98 Å². The molecular formula is C12H9BrN2O3S2. The van der Waals surface area contributed by atoms with E-state index < -0.39 is 9.84 Å². The van der Waals surface area contributed by atoms with Gasteiger partial charge in [0.1, 0.15) is 5.52 Å². The molecule has 0 atom stereocenters. The summed E-state index contributed by atoms with van der Waals surface area (Å²) in [6.07, 6.45) is 0. The van der Waals surface area contributed by atoms with Crippen molar-refractivity contribution in [3.8, 4) is 0 Å². The lowest BCUT2D eigenvalue weighted by Gasteiger charge is -1.96. The number of anilines is 1. The second-order valence-corrected chi connectivity index (χ2v) is 8.59. The Morgan fingerprint density at radius 1 is 1.30 bits per heavy atom. The quantitative estimate of drug-likeness (QED) is 0.713. The number of thiophene rings is 1. The van der Waals surface area contributed by atoms with E-state index in [-0.39, 0.29) is 11.0 Å². The molecule has 0 radical (unpaired) electrons. The summed E-state index contributed by atoms with van der Waals surface area (Å²) in [7, 11) is -3.60. The molecule has 0 aliphatic rings. The molecule has 104 valence electrons. The molecule has 0 unspecified atom stereocenters. The third-order valence-electron chi connectivity index (χ3n) is 2.62. The fourth-order valence-electron chi connectivity index (χ4n) is 1.73. The maximum Gasteiger partial charge on any atom is 0.316 e. The van der Waals surface area contributed by atoms with E-state index in [0.717, 1.165) is 8.66 Å². The monoisotopic (exact) mass is 372 g/mol. The first-order valence-electron chi connectivity index (χ1n) is 5.57. The van der Waals surface area contributed by atoms with Crippen LogP contribution < -0.4 is 5.73 Å². The molecular weight excluding hydrogens is 364 g/mol. The number of nitrogens with two attached hydrogens (primary N) is 1. The molecule has 8 heteroatoms. The van der Waals surface area contributed by atoms with Gasteiger partial charge in [-0.2, -0.15) is 4.98 Å². The van der Waals surface area contributed by atoms with Gasteiger partial charge in [0.25, 0.3) is 0 Å². The molecule has 2 aromatic heterocycles. The van der Waals surface area contributed by atoms with Gasteiger partial charge in [-0.15, -0.1) is 11.3 Å². The molecule has 0 saturated carbocycles. The normalized spacial score (nSPS) is 12.1. The van der Waals surface area contributed by atoms with Gasteiger partial charge in [0.15, 0.2) is 5.58 Å². The van der Waals surface area contributed by atoms with Crippen LogP contribution in [0.2, 0.25) is 0 Å². The lowest BCUT2D eigenvalue weighted by atomic mass is 10.3. The van der Waals surface area contributed by atoms with Crippen LogP contribution in [0, 0.1) is 0 Å². The molecule has 3 rings (SSSR count). The molecule has 0 spiro atoms. The molecule has 0 fully saturated rings. The Labute approximate surface area is 127 Å². The van der Waals surface area contributed by atoms with Crippen molar-refractivity contribution in [1.29, 1.82) is 0 Å². The molecule has 3 aromatic rings. The lowest BCUT2D eigenvalue weighted by Crippen LogP contribution is -2.03. The third kappa shape index (κ3) is 2.58. The van der Waals surface area contributed by atoms with Gasteiger partial charge in [-0.05, 0) is 40.2 Å². The Balaban J connectivity index is 2.00. The summed E-state index contributed by atoms with van der Waals surface area (Å²) >= 11 is 4.67. The largest absolute Gasteiger partial charge is 0.428 e. The zero-order valence-corrected chi connectivity index (χ0v) is 13.3. The first-order chi connectivity index (χ1) is 9.44. The van der Waals surface area contributed by atoms with Crippen molar-refractivity contribution in [3.05, 3.63) is 39.0 Å². The van der Waals surface area contributed by atoms with Gasteiger partial charge in [0, 0.05) is 16.6 Å². The van der Waals surface area contributed by atoms with Crippen molar-refractivity contribution in [2.75, 3.05) is 5.73 Å². The number of hydrogen-bond donors (Lipinski definition) is 1. The van der Waals surface area contributed by atoms with Crippen LogP contribution in [-0.4, -0.2) is 13.4 Å². The van der Waals surface area contributed by atoms with Crippen LogP contribution in [0.3, 0.4) is 0 Å². The topological polar surface area (TPSA) is 86.2 Å². The van der Waals surface area contributed by atoms with E-state index in [0.29, 0.717) is 16.8 Å². The van der Waals surface area contributed by atoms with Crippen LogP contribution in [0.25, 0.3) is 11.1 Å². The highest BCUT2D eigenvalue weighted by Gasteiger charge is 2.23. The van der Waals surface area contributed by atoms with Crippen LogP contribution in [0.5, 0.6) is 0 Å². The smallest absolute Gasteiger partial charge is 0.316 e. The molecule has 2 heterocycles. The number of hydrogen-bond acceptors (Lipinski definition) is 6. The number of sulfone groups is 1. The summed E-state index contributed by atoms with van der Waals surface area (Å²) in [5.74, 6) is -0.133. The number of halogens is 1.